The van der Waals surface area contributed by atoms with Crippen molar-refractivity contribution in [1.29, 1.82) is 0 Å². The van der Waals surface area contributed by atoms with Crippen molar-refractivity contribution in [2.45, 2.75) is 228 Å². The van der Waals surface area contributed by atoms with Crippen LogP contribution in [0.5, 0.6) is 0 Å². The molecule has 0 aromatic carbocycles. The number of alkyl halides is 1. The Labute approximate surface area is 519 Å². The fourth-order valence-corrected chi connectivity index (χ4v) is 11.3. The highest BCUT2D eigenvalue weighted by molar-refractivity contribution is 5.98. The molecular formula is C62H114FN11O13. The molecule has 2 rings (SSSR count). The molecule has 8 amide bonds. The van der Waals surface area contributed by atoms with Crippen molar-refractivity contribution < 1.29 is 67.6 Å². The number of halogens is 1. The van der Waals surface area contributed by atoms with E-state index in [9.17, 15) is 53.3 Å². The van der Waals surface area contributed by atoms with E-state index in [-0.39, 0.29) is 68.1 Å². The first-order valence-corrected chi connectivity index (χ1v) is 31.5. The number of esters is 1. The number of rotatable bonds is 18. The van der Waals surface area contributed by atoms with Crippen LogP contribution in [0, 0.1) is 41.4 Å². The number of carbonyl (C=O) groups excluding carboxylic acids is 9. The minimum absolute atomic E-state index is 0.0373. The lowest BCUT2D eigenvalue weighted by Gasteiger charge is -2.41. The lowest BCUT2D eigenvalue weighted by molar-refractivity contribution is -0.155. The van der Waals surface area contributed by atoms with Crippen LogP contribution in [0.3, 0.4) is 0 Å². The molecule has 0 aromatic heterocycles. The van der Waals surface area contributed by atoms with Gasteiger partial charge in [-0.15, -0.1) is 0 Å². The van der Waals surface area contributed by atoms with Gasteiger partial charge in [0.1, 0.15) is 48.0 Å². The second-order valence-corrected chi connectivity index (χ2v) is 27.5. The Hall–Kier alpha value is -5.08. The number of aliphatic hydroxyl groups is 3. The highest BCUT2D eigenvalue weighted by atomic mass is 19.1. The van der Waals surface area contributed by atoms with Crippen molar-refractivity contribution in [3.8, 4) is 0 Å². The molecule has 7 N–H and O–H groups in total. The Kier molecular flexibility index (Phi) is 31.7. The molecule has 0 bridgehead atoms. The summed E-state index contributed by atoms with van der Waals surface area (Å²) in [7, 11) is 8.52. The van der Waals surface area contributed by atoms with Crippen molar-refractivity contribution in [2.24, 2.45) is 41.4 Å². The molecule has 0 radical (unpaired) electrons. The fraction of sp³-hybridized carbons (Fsp3) is 0.855. The van der Waals surface area contributed by atoms with Crippen LogP contribution in [0.2, 0.25) is 0 Å². The summed E-state index contributed by atoms with van der Waals surface area (Å²) in [5.41, 5.74) is -1.71. The van der Waals surface area contributed by atoms with Gasteiger partial charge in [-0.1, -0.05) is 90.0 Å². The number of ether oxygens (including phenoxy) is 1. The molecule has 2 aliphatic heterocycles. The van der Waals surface area contributed by atoms with E-state index in [0.717, 1.165) is 14.7 Å². The van der Waals surface area contributed by atoms with Crippen LogP contribution < -0.4 is 21.3 Å². The van der Waals surface area contributed by atoms with Gasteiger partial charge < -0.3 is 60.5 Å². The molecule has 3 unspecified atom stereocenters. The average molecular weight is 1240 g/mol. The van der Waals surface area contributed by atoms with Crippen molar-refractivity contribution >= 4 is 53.4 Å². The molecule has 2 aliphatic rings. The van der Waals surface area contributed by atoms with Crippen LogP contribution in [-0.2, 0) is 43.1 Å². The molecule has 12 atom stereocenters. The molecule has 502 valence electrons. The van der Waals surface area contributed by atoms with Crippen molar-refractivity contribution in [1.82, 2.24) is 55.6 Å². The van der Waals surface area contributed by atoms with Gasteiger partial charge in [0.2, 0.25) is 41.4 Å². The Morgan fingerprint density at radius 2 is 1.07 bits per heavy atom. The first-order chi connectivity index (χ1) is 40.2. The average Bonchev–Trinajstić information content (AvgIpc) is 1.38. The molecule has 2 fully saturated rings. The number of amides is 8. The van der Waals surface area contributed by atoms with Crippen molar-refractivity contribution in [3.63, 3.8) is 0 Å². The Balaban J connectivity index is 2.96. The minimum atomic E-state index is -1.78. The number of cyclic esters (lactones) is 2. The molecule has 0 aliphatic carbocycles. The number of carbonyl (C=O) groups is 9. The SMILES string of the molecule is CC(C)C[C@@H]1C(=O)N[C@H](CC(C)C)C(=O)N(C)C(C(C)C)C(=O)N(C)C([C@H](O)[C@H](C)CCN2CCC(F)(CO)CC2)C(=O)NC([C@@H](C)O)C(=O)N(C)CC(=O)N(C)[C@@H](CC(C)C)C(=O)N[C@H](CC(C)C)N(C)[C@H](CC(C)C)N[C@H](C)C(=O)OC(=O)N1C. The van der Waals surface area contributed by atoms with Crippen LogP contribution in [0.15, 0.2) is 0 Å². The van der Waals surface area contributed by atoms with Crippen molar-refractivity contribution in [2.75, 3.05) is 75.1 Å². The maximum absolute atomic E-state index is 15.2. The Bertz CT molecular complexity index is 2270. The van der Waals surface area contributed by atoms with Crippen LogP contribution in [0.1, 0.15) is 155 Å². The Morgan fingerprint density at radius 1 is 0.586 bits per heavy atom. The van der Waals surface area contributed by atoms with Gasteiger partial charge in [0.15, 0.2) is 0 Å². The summed E-state index contributed by atoms with van der Waals surface area (Å²) in [6.07, 6.45) is -3.93. The van der Waals surface area contributed by atoms with Crippen molar-refractivity contribution in [3.05, 3.63) is 0 Å². The van der Waals surface area contributed by atoms with E-state index < -0.39 is 151 Å². The summed E-state index contributed by atoms with van der Waals surface area (Å²) < 4.78 is 20.5. The summed E-state index contributed by atoms with van der Waals surface area (Å²) in [6.45, 7) is 26.7. The lowest BCUT2D eigenvalue weighted by Crippen LogP contribution is -2.64. The molecule has 0 aromatic rings. The first-order valence-electron chi connectivity index (χ1n) is 31.5. The van der Waals surface area contributed by atoms with Gasteiger partial charge in [-0.25, -0.2) is 14.0 Å². The van der Waals surface area contributed by atoms with E-state index in [1.165, 1.54) is 58.9 Å². The summed E-state index contributed by atoms with van der Waals surface area (Å²) >= 11 is 0. The molecule has 25 heteroatoms. The largest absolute Gasteiger partial charge is 0.417 e. The summed E-state index contributed by atoms with van der Waals surface area (Å²) in [6, 6.07) is -9.54. The molecule has 0 spiro atoms. The zero-order valence-electron chi connectivity index (χ0n) is 56.5. The third-order valence-electron chi connectivity index (χ3n) is 16.9. The molecule has 2 heterocycles. The van der Waals surface area contributed by atoms with Gasteiger partial charge >= 0.3 is 12.1 Å². The Morgan fingerprint density at radius 3 is 1.55 bits per heavy atom. The normalized spacial score (nSPS) is 27.6. The van der Waals surface area contributed by atoms with Gasteiger partial charge in [0, 0.05) is 48.3 Å². The number of likely N-dealkylation sites (tertiary alicyclic amines) is 1. The van der Waals surface area contributed by atoms with Crippen LogP contribution in [-0.4, -0.2) is 251 Å². The maximum Gasteiger partial charge on any atom is 0.417 e. The van der Waals surface area contributed by atoms with Gasteiger partial charge in [-0.05, 0) is 120 Å². The number of likely N-dealkylation sites (N-methyl/N-ethyl adjacent to an activating group) is 5. The number of aliphatic hydroxyl groups excluding tert-OH is 3. The maximum atomic E-state index is 15.2. The molecule has 0 saturated carbocycles. The molecule has 87 heavy (non-hydrogen) atoms. The molecule has 2 saturated heterocycles. The van der Waals surface area contributed by atoms with Crippen LogP contribution in [0.25, 0.3) is 0 Å². The molecule has 24 nitrogen and oxygen atoms in total. The molecular weight excluding hydrogens is 1130 g/mol. The summed E-state index contributed by atoms with van der Waals surface area (Å²) in [5.74, 6) is -8.08. The smallest absolute Gasteiger partial charge is 0.393 e. The number of hydrogen-bond donors (Lipinski definition) is 7. The standard InChI is InChI=1S/C62H114FN11O13/c1-35(2)28-44-57(82)72(20)51(40(11)12)59(84)73(21)52(53(78)41(13)22-25-74-26-23-62(63,34-75)24-27-74)56(81)67-50(43(15)76)58(83)68(16)33-49(77)69(17)45(29-36(3)4)55(80)66-48(32-39(9)10)71(19)47(31-38(7)8)64-42(14)60(85)87-61(86)70(18)46(30-37(5)6)54(79)65-44/h35-48,50-53,64,75-76,78H,22-34H2,1-21H3,(H,65,79)(H,66,80)(H,67,81)/t41-,42-,43-,44-,45+,46-,47-,48+,50?,51?,52?,53-/m1/s1. The first kappa shape index (κ1) is 78.0. The van der Waals surface area contributed by atoms with Gasteiger partial charge in [-0.2, -0.15) is 0 Å². The van der Waals surface area contributed by atoms with E-state index in [4.69, 9.17) is 4.74 Å². The number of piperidine rings is 1. The summed E-state index contributed by atoms with van der Waals surface area (Å²) in [4.78, 5) is 141. The van der Waals surface area contributed by atoms with Gasteiger partial charge in [-0.3, -0.25) is 48.7 Å². The third kappa shape index (κ3) is 23.3. The van der Waals surface area contributed by atoms with E-state index in [1.807, 2.05) is 79.0 Å². The van der Waals surface area contributed by atoms with Gasteiger partial charge in [0.05, 0.1) is 37.7 Å². The quantitative estimate of drug-likeness (QED) is 0.0767. The highest BCUT2D eigenvalue weighted by Crippen LogP contribution is 2.28. The number of nitrogens with zero attached hydrogens (tertiary/aromatic N) is 7. The third-order valence-corrected chi connectivity index (χ3v) is 16.9. The lowest BCUT2D eigenvalue weighted by atomic mass is 9.90. The monoisotopic (exact) mass is 1240 g/mol. The number of nitrogens with one attached hydrogen (secondary N) is 4. The topological polar surface area (TPSA) is 294 Å². The van der Waals surface area contributed by atoms with Crippen LogP contribution in [0.4, 0.5) is 9.18 Å². The van der Waals surface area contributed by atoms with E-state index >= 15 is 9.59 Å². The highest BCUT2D eigenvalue weighted by Gasteiger charge is 2.45. The zero-order valence-corrected chi connectivity index (χ0v) is 56.5. The second kappa shape index (κ2) is 35.3. The van der Waals surface area contributed by atoms with Gasteiger partial charge in [0.25, 0.3) is 0 Å². The van der Waals surface area contributed by atoms with E-state index in [2.05, 4.69) is 21.3 Å². The predicted molar refractivity (Wildman–Crippen MR) is 330 cm³/mol. The minimum Gasteiger partial charge on any atom is -0.393 e. The fourth-order valence-electron chi connectivity index (χ4n) is 11.3. The summed E-state index contributed by atoms with van der Waals surface area (Å²) in [5, 5.41) is 45.1. The van der Waals surface area contributed by atoms with Crippen LogP contribution >= 0.6 is 0 Å². The second-order valence-electron chi connectivity index (χ2n) is 27.5. The zero-order chi connectivity index (χ0) is 66.9. The van der Waals surface area contributed by atoms with E-state index in [1.54, 1.807) is 27.8 Å². The predicted octanol–water partition coefficient (Wildman–Crippen LogP) is 3.00. The number of hydrogen-bond acceptors (Lipinski definition) is 16. The van der Waals surface area contributed by atoms with E-state index in [0.29, 0.717) is 32.5 Å².